The number of carbonyl (C=O) groups excluding carboxylic acids is 1. The number of nitrogens with zero attached hydrogens (tertiary/aromatic N) is 1. The maximum Gasteiger partial charge on any atom is 0.223 e. The fraction of sp³-hybridized carbons (Fsp3) is 0.409. The molecule has 0 spiro atoms. The number of piperidine rings is 1. The van der Waals surface area contributed by atoms with Crippen molar-refractivity contribution in [1.82, 2.24) is 10.2 Å². The molecule has 1 aliphatic rings. The summed E-state index contributed by atoms with van der Waals surface area (Å²) in [5.74, 6) is 0.597. The number of para-hydroxylation sites is 1. The molecule has 1 amide bonds. The number of likely N-dealkylation sites (tertiary alicyclic amines) is 1. The summed E-state index contributed by atoms with van der Waals surface area (Å²) >= 11 is 5.81. The largest absolute Gasteiger partial charge is 0.494 e. The number of rotatable bonds is 7. The van der Waals surface area contributed by atoms with Gasteiger partial charge in [0.1, 0.15) is 11.6 Å². The van der Waals surface area contributed by atoms with Crippen LogP contribution in [0.25, 0.3) is 0 Å². The van der Waals surface area contributed by atoms with Gasteiger partial charge in [-0.2, -0.15) is 0 Å². The summed E-state index contributed by atoms with van der Waals surface area (Å²) in [5.41, 5.74) is 1.62. The van der Waals surface area contributed by atoms with E-state index in [9.17, 15) is 9.18 Å². The average molecular weight is 405 g/mol. The Hall–Kier alpha value is -2.11. The van der Waals surface area contributed by atoms with Gasteiger partial charge in [-0.1, -0.05) is 35.9 Å². The second-order valence-corrected chi connectivity index (χ2v) is 7.48. The molecule has 2 aromatic carbocycles. The molecule has 6 heteroatoms. The molecule has 0 atom stereocenters. The van der Waals surface area contributed by atoms with E-state index in [2.05, 4.69) is 10.2 Å². The second kappa shape index (κ2) is 9.89. The van der Waals surface area contributed by atoms with Crippen molar-refractivity contribution in [2.24, 2.45) is 5.92 Å². The first-order chi connectivity index (χ1) is 13.6. The highest BCUT2D eigenvalue weighted by molar-refractivity contribution is 6.30. The monoisotopic (exact) mass is 404 g/mol. The van der Waals surface area contributed by atoms with Gasteiger partial charge in [0.15, 0.2) is 0 Å². The van der Waals surface area contributed by atoms with E-state index in [1.54, 1.807) is 12.1 Å². The molecular formula is C22H26ClFN2O2. The quantitative estimate of drug-likeness (QED) is 0.743. The van der Waals surface area contributed by atoms with Crippen molar-refractivity contribution < 1.29 is 13.9 Å². The van der Waals surface area contributed by atoms with Gasteiger partial charge < -0.3 is 10.1 Å². The van der Waals surface area contributed by atoms with Crippen LogP contribution in [0.1, 0.15) is 30.9 Å². The van der Waals surface area contributed by atoms with Crippen molar-refractivity contribution in [2.75, 3.05) is 19.7 Å². The lowest BCUT2D eigenvalue weighted by atomic mass is 9.95. The molecule has 1 N–H and O–H groups in total. The van der Waals surface area contributed by atoms with Gasteiger partial charge in [-0.25, -0.2) is 4.39 Å². The highest BCUT2D eigenvalue weighted by Gasteiger charge is 2.25. The minimum Gasteiger partial charge on any atom is -0.494 e. The predicted octanol–water partition coefficient (Wildman–Crippen LogP) is 4.41. The lowest BCUT2D eigenvalue weighted by Gasteiger charge is -2.31. The van der Waals surface area contributed by atoms with Crippen molar-refractivity contribution in [1.29, 1.82) is 0 Å². The van der Waals surface area contributed by atoms with Crippen molar-refractivity contribution in [3.8, 4) is 5.75 Å². The Balaban J connectivity index is 1.47. The van der Waals surface area contributed by atoms with Gasteiger partial charge in [0.2, 0.25) is 5.91 Å². The van der Waals surface area contributed by atoms with Crippen LogP contribution in [0, 0.1) is 11.7 Å². The average Bonchev–Trinajstić information content (AvgIpc) is 2.70. The van der Waals surface area contributed by atoms with E-state index in [0.29, 0.717) is 30.3 Å². The normalized spacial score (nSPS) is 15.4. The van der Waals surface area contributed by atoms with E-state index in [-0.39, 0.29) is 17.6 Å². The Labute approximate surface area is 170 Å². The molecule has 1 aliphatic heterocycles. The first-order valence-electron chi connectivity index (χ1n) is 9.71. The van der Waals surface area contributed by atoms with Crippen LogP contribution in [0.2, 0.25) is 5.02 Å². The molecule has 0 radical (unpaired) electrons. The third kappa shape index (κ3) is 5.46. The van der Waals surface area contributed by atoms with Gasteiger partial charge in [0.25, 0.3) is 0 Å². The molecule has 0 aromatic heterocycles. The van der Waals surface area contributed by atoms with E-state index in [1.807, 2.05) is 31.2 Å². The summed E-state index contributed by atoms with van der Waals surface area (Å²) in [6.07, 6.45) is 1.54. The smallest absolute Gasteiger partial charge is 0.223 e. The van der Waals surface area contributed by atoms with E-state index in [4.69, 9.17) is 16.3 Å². The van der Waals surface area contributed by atoms with Gasteiger partial charge in [-0.15, -0.1) is 0 Å². The SMILES string of the molecule is CCOc1ccccc1CNC(=O)C1CCN(Cc2ccc(Cl)cc2F)CC1. The fourth-order valence-electron chi connectivity index (χ4n) is 3.52. The summed E-state index contributed by atoms with van der Waals surface area (Å²) < 4.78 is 19.6. The predicted molar refractivity (Wildman–Crippen MR) is 109 cm³/mol. The Morgan fingerprint density at radius 3 is 2.68 bits per heavy atom. The zero-order valence-electron chi connectivity index (χ0n) is 16.1. The maximum atomic E-state index is 14.0. The summed E-state index contributed by atoms with van der Waals surface area (Å²) in [7, 11) is 0. The number of hydrogen-bond donors (Lipinski definition) is 1. The van der Waals surface area contributed by atoms with Gasteiger partial charge >= 0.3 is 0 Å². The molecule has 1 saturated heterocycles. The van der Waals surface area contributed by atoms with Crippen LogP contribution in [0.5, 0.6) is 5.75 Å². The van der Waals surface area contributed by atoms with Crippen LogP contribution >= 0.6 is 11.6 Å². The Morgan fingerprint density at radius 2 is 1.96 bits per heavy atom. The fourth-order valence-corrected chi connectivity index (χ4v) is 3.68. The molecule has 0 bridgehead atoms. The van der Waals surface area contributed by atoms with Gasteiger partial charge in [0.05, 0.1) is 6.61 Å². The molecule has 1 heterocycles. The molecule has 2 aromatic rings. The minimum absolute atomic E-state index is 0.00873. The zero-order valence-corrected chi connectivity index (χ0v) is 16.8. The molecule has 0 saturated carbocycles. The minimum atomic E-state index is -0.277. The summed E-state index contributed by atoms with van der Waals surface area (Å²) in [4.78, 5) is 14.7. The van der Waals surface area contributed by atoms with E-state index in [0.717, 1.165) is 37.2 Å². The summed E-state index contributed by atoms with van der Waals surface area (Å²) in [6.45, 7) is 5.09. The third-order valence-electron chi connectivity index (χ3n) is 5.09. The van der Waals surface area contributed by atoms with Gasteiger partial charge in [-0.05, 0) is 51.1 Å². The molecule has 4 nitrogen and oxygen atoms in total. The molecule has 1 fully saturated rings. The van der Waals surface area contributed by atoms with Crippen molar-refractivity contribution in [2.45, 2.75) is 32.9 Å². The van der Waals surface area contributed by atoms with Crippen LogP contribution in [0.3, 0.4) is 0 Å². The van der Waals surface area contributed by atoms with E-state index in [1.165, 1.54) is 6.07 Å². The maximum absolute atomic E-state index is 14.0. The van der Waals surface area contributed by atoms with Crippen LogP contribution in [0.15, 0.2) is 42.5 Å². The lowest BCUT2D eigenvalue weighted by molar-refractivity contribution is -0.126. The number of hydrogen-bond acceptors (Lipinski definition) is 3. The molecule has 3 rings (SSSR count). The highest BCUT2D eigenvalue weighted by atomic mass is 35.5. The molecule has 0 unspecified atom stereocenters. The van der Waals surface area contributed by atoms with Crippen LogP contribution < -0.4 is 10.1 Å². The second-order valence-electron chi connectivity index (χ2n) is 7.04. The van der Waals surface area contributed by atoms with Crippen molar-refractivity contribution >= 4 is 17.5 Å². The highest BCUT2D eigenvalue weighted by Crippen LogP contribution is 2.22. The Kier molecular flexibility index (Phi) is 7.29. The molecule has 28 heavy (non-hydrogen) atoms. The Bertz CT molecular complexity index is 807. The zero-order chi connectivity index (χ0) is 19.9. The number of nitrogens with one attached hydrogen (secondary N) is 1. The summed E-state index contributed by atoms with van der Waals surface area (Å²) in [6, 6.07) is 12.5. The molecular weight excluding hydrogens is 379 g/mol. The Morgan fingerprint density at radius 1 is 1.21 bits per heavy atom. The lowest BCUT2D eigenvalue weighted by Crippen LogP contribution is -2.40. The van der Waals surface area contributed by atoms with Crippen LogP contribution in [0.4, 0.5) is 4.39 Å². The number of benzene rings is 2. The van der Waals surface area contributed by atoms with Gasteiger partial charge in [0, 0.05) is 35.2 Å². The number of carbonyl (C=O) groups is 1. The molecule has 150 valence electrons. The standard InChI is InChI=1S/C22H26ClFN2O2/c1-2-28-21-6-4-3-5-17(21)14-25-22(27)16-9-11-26(12-10-16)15-18-7-8-19(23)13-20(18)24/h3-8,13,16H,2,9-12,14-15H2,1H3,(H,25,27). The van der Waals surface area contributed by atoms with Crippen LogP contribution in [-0.4, -0.2) is 30.5 Å². The topological polar surface area (TPSA) is 41.6 Å². The first kappa shape index (κ1) is 20.6. The molecule has 0 aliphatic carbocycles. The first-order valence-corrected chi connectivity index (χ1v) is 10.1. The van der Waals surface area contributed by atoms with Gasteiger partial charge in [-0.3, -0.25) is 9.69 Å². The third-order valence-corrected chi connectivity index (χ3v) is 5.33. The number of ether oxygens (including phenoxy) is 1. The number of halogens is 2. The summed E-state index contributed by atoms with van der Waals surface area (Å²) in [5, 5.41) is 3.44. The van der Waals surface area contributed by atoms with Crippen molar-refractivity contribution in [3.63, 3.8) is 0 Å². The van der Waals surface area contributed by atoms with E-state index < -0.39 is 0 Å². The van der Waals surface area contributed by atoms with E-state index >= 15 is 0 Å². The number of amides is 1. The van der Waals surface area contributed by atoms with Crippen LogP contribution in [-0.2, 0) is 17.9 Å². The van der Waals surface area contributed by atoms with Crippen molar-refractivity contribution in [3.05, 3.63) is 64.4 Å².